The number of azo groups is 1. The topological polar surface area (TPSA) is 104 Å². The Morgan fingerprint density at radius 3 is 1.93 bits per heavy atom. The fourth-order valence-corrected chi connectivity index (χ4v) is 4.63. The number of rotatable bonds is 19. The number of esters is 3. The van der Waals surface area contributed by atoms with Gasteiger partial charge >= 0.3 is 17.9 Å². The number of nitrogens with zero attached hydrogens (tertiary/aromatic N) is 2. The first kappa shape index (κ1) is 36.1. The van der Waals surface area contributed by atoms with E-state index in [1.807, 2.05) is 6.92 Å². The summed E-state index contributed by atoms with van der Waals surface area (Å²) in [5.74, 6) is -1.62. The van der Waals surface area contributed by atoms with E-state index in [9.17, 15) is 18.8 Å². The lowest BCUT2D eigenvalue weighted by Crippen LogP contribution is -2.15. The minimum atomic E-state index is -0.764. The van der Waals surface area contributed by atoms with Crippen LogP contribution in [0.25, 0.3) is 0 Å². The summed E-state index contributed by atoms with van der Waals surface area (Å²) in [5.41, 5.74) is 0.713. The second-order valence-electron chi connectivity index (χ2n) is 11.3. The van der Waals surface area contributed by atoms with E-state index in [0.29, 0.717) is 23.4 Å². The van der Waals surface area contributed by atoms with Crippen molar-refractivity contribution in [2.45, 2.75) is 104 Å². The Balaban J connectivity index is 1.47. The molecule has 0 spiro atoms. The molecule has 3 rings (SSSR count). The van der Waals surface area contributed by atoms with Gasteiger partial charge in [-0.05, 0) is 92.9 Å². The van der Waals surface area contributed by atoms with Crippen LogP contribution in [0.3, 0.4) is 0 Å². The van der Waals surface area contributed by atoms with Crippen molar-refractivity contribution in [3.05, 3.63) is 83.7 Å². The van der Waals surface area contributed by atoms with Crippen molar-refractivity contribution in [1.82, 2.24) is 0 Å². The van der Waals surface area contributed by atoms with Gasteiger partial charge in [-0.15, -0.1) is 5.11 Å². The highest BCUT2D eigenvalue weighted by Gasteiger charge is 2.15. The summed E-state index contributed by atoms with van der Waals surface area (Å²) >= 11 is 0. The quantitative estimate of drug-likeness (QED) is 0.0564. The van der Waals surface area contributed by atoms with Crippen molar-refractivity contribution < 1.29 is 33.0 Å². The van der Waals surface area contributed by atoms with Crippen molar-refractivity contribution in [2.24, 2.45) is 10.2 Å². The number of carbonyl (C=O) groups excluding carboxylic acids is 3. The van der Waals surface area contributed by atoms with Crippen molar-refractivity contribution in [3.63, 3.8) is 0 Å². The smallest absolute Gasteiger partial charge is 0.343 e. The highest BCUT2D eigenvalue weighted by molar-refractivity contribution is 5.92. The predicted octanol–water partition coefficient (Wildman–Crippen LogP) is 10.6. The Morgan fingerprint density at radius 2 is 1.26 bits per heavy atom. The molecule has 1 atom stereocenters. The SMILES string of the molecule is CCCCCCCCC(=O)Oc1ccc(N=Nc2ccc(C(=O)Oc3ccc(C(=O)O[C@@H](C)CCCCCC)cc3)cc2F)cc1. The molecule has 8 nitrogen and oxygen atoms in total. The van der Waals surface area contributed by atoms with Crippen LogP contribution in [0, 0.1) is 5.82 Å². The first-order chi connectivity index (χ1) is 22.3. The molecule has 0 amide bonds. The molecule has 0 saturated carbocycles. The number of halogens is 1. The first-order valence-electron chi connectivity index (χ1n) is 16.3. The number of carbonyl (C=O) groups is 3. The van der Waals surface area contributed by atoms with E-state index >= 15 is 0 Å². The zero-order valence-electron chi connectivity index (χ0n) is 27.1. The van der Waals surface area contributed by atoms with Gasteiger partial charge in [0.25, 0.3) is 0 Å². The number of hydrogen-bond donors (Lipinski definition) is 0. The standard InChI is InChI=1S/C37H45FN2O6/c1-4-6-8-10-11-13-15-35(41)45-31-23-19-30(20-24-31)39-40-34-25-18-29(26-33(34)38)37(43)46-32-21-16-28(17-22-32)36(42)44-27(3)14-12-9-7-5-2/h16-27H,4-15H2,1-3H3/t27-/m0/s1. The molecule has 0 radical (unpaired) electrons. The summed E-state index contributed by atoms with van der Waals surface area (Å²) in [6.07, 6.45) is 12.0. The molecule has 0 bridgehead atoms. The molecule has 3 aromatic rings. The van der Waals surface area contributed by atoms with E-state index in [-0.39, 0.29) is 29.1 Å². The molecule has 0 N–H and O–H groups in total. The van der Waals surface area contributed by atoms with Crippen LogP contribution >= 0.6 is 0 Å². The van der Waals surface area contributed by atoms with Crippen molar-refractivity contribution in [2.75, 3.05) is 0 Å². The van der Waals surface area contributed by atoms with Crippen LogP contribution in [-0.2, 0) is 9.53 Å². The van der Waals surface area contributed by atoms with Gasteiger partial charge in [-0.2, -0.15) is 5.11 Å². The molecular formula is C37H45FN2O6. The van der Waals surface area contributed by atoms with Crippen molar-refractivity contribution in [1.29, 1.82) is 0 Å². The maximum absolute atomic E-state index is 14.7. The Labute approximate surface area is 271 Å². The van der Waals surface area contributed by atoms with E-state index in [1.54, 1.807) is 24.3 Å². The van der Waals surface area contributed by atoms with Gasteiger partial charge in [0.15, 0.2) is 5.82 Å². The van der Waals surface area contributed by atoms with Gasteiger partial charge in [0.2, 0.25) is 0 Å². The molecule has 46 heavy (non-hydrogen) atoms. The maximum atomic E-state index is 14.7. The third-order valence-corrected chi connectivity index (χ3v) is 7.33. The third-order valence-electron chi connectivity index (χ3n) is 7.33. The highest BCUT2D eigenvalue weighted by atomic mass is 19.1. The summed E-state index contributed by atoms with van der Waals surface area (Å²) < 4.78 is 31.0. The molecular weight excluding hydrogens is 587 g/mol. The maximum Gasteiger partial charge on any atom is 0.343 e. The van der Waals surface area contributed by atoms with E-state index in [1.165, 1.54) is 62.1 Å². The summed E-state index contributed by atoms with van der Waals surface area (Å²) in [6.45, 7) is 6.19. The van der Waals surface area contributed by atoms with Crippen LogP contribution in [0.15, 0.2) is 77.0 Å². The summed E-state index contributed by atoms with van der Waals surface area (Å²) in [4.78, 5) is 37.1. The average molecular weight is 633 g/mol. The van der Waals surface area contributed by atoms with Crippen LogP contribution in [0.1, 0.15) is 119 Å². The van der Waals surface area contributed by atoms with Gasteiger partial charge < -0.3 is 14.2 Å². The lowest BCUT2D eigenvalue weighted by molar-refractivity contribution is -0.134. The lowest BCUT2D eigenvalue weighted by Gasteiger charge is -2.13. The third kappa shape index (κ3) is 12.9. The van der Waals surface area contributed by atoms with E-state index in [0.717, 1.165) is 51.0 Å². The summed E-state index contributed by atoms with van der Waals surface area (Å²) in [5, 5.41) is 7.98. The second kappa shape index (κ2) is 19.9. The molecule has 0 fully saturated rings. The Morgan fingerprint density at radius 1 is 0.674 bits per heavy atom. The van der Waals surface area contributed by atoms with Crippen LogP contribution < -0.4 is 9.47 Å². The summed E-state index contributed by atoms with van der Waals surface area (Å²) in [6, 6.07) is 16.2. The summed E-state index contributed by atoms with van der Waals surface area (Å²) in [7, 11) is 0. The second-order valence-corrected chi connectivity index (χ2v) is 11.3. The Kier molecular flexibility index (Phi) is 15.6. The van der Waals surface area contributed by atoms with E-state index in [4.69, 9.17) is 14.2 Å². The number of benzene rings is 3. The average Bonchev–Trinajstić information content (AvgIpc) is 3.05. The molecule has 0 aromatic heterocycles. The van der Waals surface area contributed by atoms with E-state index in [2.05, 4.69) is 24.1 Å². The largest absolute Gasteiger partial charge is 0.459 e. The fourth-order valence-electron chi connectivity index (χ4n) is 4.63. The molecule has 0 aliphatic heterocycles. The molecule has 0 aliphatic carbocycles. The molecule has 0 heterocycles. The van der Waals surface area contributed by atoms with Crippen LogP contribution in [-0.4, -0.2) is 24.0 Å². The highest BCUT2D eigenvalue weighted by Crippen LogP contribution is 2.25. The number of ether oxygens (including phenoxy) is 3. The number of unbranched alkanes of at least 4 members (excludes halogenated alkanes) is 8. The van der Waals surface area contributed by atoms with Crippen molar-refractivity contribution >= 4 is 29.3 Å². The zero-order valence-corrected chi connectivity index (χ0v) is 27.1. The van der Waals surface area contributed by atoms with E-state index < -0.39 is 17.8 Å². The normalized spacial score (nSPS) is 11.7. The minimum absolute atomic E-state index is 0.0102. The molecule has 0 aliphatic rings. The van der Waals surface area contributed by atoms with Crippen LogP contribution in [0.4, 0.5) is 15.8 Å². The monoisotopic (exact) mass is 632 g/mol. The van der Waals surface area contributed by atoms with Crippen molar-refractivity contribution in [3.8, 4) is 11.5 Å². The molecule has 0 saturated heterocycles. The molecule has 246 valence electrons. The number of hydrogen-bond acceptors (Lipinski definition) is 8. The molecule has 0 unspecified atom stereocenters. The van der Waals surface area contributed by atoms with Gasteiger partial charge in [-0.25, -0.2) is 14.0 Å². The predicted molar refractivity (Wildman–Crippen MR) is 176 cm³/mol. The zero-order chi connectivity index (χ0) is 33.1. The minimum Gasteiger partial charge on any atom is -0.459 e. The van der Waals surface area contributed by atoms with Gasteiger partial charge in [-0.3, -0.25) is 4.79 Å². The van der Waals surface area contributed by atoms with Gasteiger partial charge in [0, 0.05) is 6.42 Å². The van der Waals surface area contributed by atoms with Gasteiger partial charge in [0.1, 0.15) is 17.2 Å². The van der Waals surface area contributed by atoms with Gasteiger partial charge in [-0.1, -0.05) is 65.2 Å². The molecule has 3 aromatic carbocycles. The Bertz CT molecular complexity index is 1420. The van der Waals surface area contributed by atoms with Gasteiger partial charge in [0.05, 0.1) is 22.9 Å². The lowest BCUT2D eigenvalue weighted by atomic mass is 10.1. The first-order valence-corrected chi connectivity index (χ1v) is 16.3. The molecule has 9 heteroatoms. The Hall–Kier alpha value is -4.40. The fraction of sp³-hybridized carbons (Fsp3) is 0.432. The van der Waals surface area contributed by atoms with Crippen LogP contribution in [0.2, 0.25) is 0 Å². The van der Waals surface area contributed by atoms with Crippen LogP contribution in [0.5, 0.6) is 11.5 Å².